The number of carbonyl (C=O) groups excluding carboxylic acids is 1. The van der Waals surface area contributed by atoms with Gasteiger partial charge in [-0.05, 0) is 43.4 Å². The molecule has 0 aliphatic heterocycles. The molecule has 0 unspecified atom stereocenters. The lowest BCUT2D eigenvalue weighted by molar-refractivity contribution is -0.123. The fourth-order valence-corrected chi connectivity index (χ4v) is 2.50. The van der Waals surface area contributed by atoms with Gasteiger partial charge in [0.1, 0.15) is 5.75 Å². The van der Waals surface area contributed by atoms with Crippen LogP contribution in [0.25, 0.3) is 0 Å². The van der Waals surface area contributed by atoms with Crippen LogP contribution in [-0.4, -0.2) is 12.5 Å². The van der Waals surface area contributed by atoms with Gasteiger partial charge in [-0.15, -0.1) is 0 Å². The zero-order valence-electron chi connectivity index (χ0n) is 11.5. The van der Waals surface area contributed by atoms with Crippen molar-refractivity contribution in [3.05, 3.63) is 40.5 Å². The Morgan fingerprint density at radius 2 is 2.35 bits per heavy atom. The second kappa shape index (κ2) is 7.33. The van der Waals surface area contributed by atoms with Gasteiger partial charge in [-0.3, -0.25) is 10.2 Å². The van der Waals surface area contributed by atoms with Crippen molar-refractivity contribution in [2.24, 2.45) is 5.92 Å². The molecule has 1 aromatic carbocycles. The van der Waals surface area contributed by atoms with Crippen LogP contribution in [-0.2, 0) is 4.79 Å². The molecule has 0 fully saturated rings. The number of hydrogen-bond acceptors (Lipinski definition) is 3. The van der Waals surface area contributed by atoms with Crippen LogP contribution in [0.5, 0.6) is 5.75 Å². The Kier molecular flexibility index (Phi) is 5.47. The van der Waals surface area contributed by atoms with Crippen molar-refractivity contribution in [3.63, 3.8) is 0 Å². The molecule has 20 heavy (non-hydrogen) atoms. The SMILES string of the molecule is C[C@H]1C=C(NNC(=O)COc2cccc(Br)c2)CCC1. The number of carbonyl (C=O) groups is 1. The van der Waals surface area contributed by atoms with Crippen LogP contribution >= 0.6 is 15.9 Å². The van der Waals surface area contributed by atoms with Crippen molar-refractivity contribution >= 4 is 21.8 Å². The highest BCUT2D eigenvalue weighted by Gasteiger charge is 2.10. The zero-order valence-corrected chi connectivity index (χ0v) is 13.1. The number of hydrazine groups is 1. The fraction of sp³-hybridized carbons (Fsp3) is 0.400. The molecule has 2 N–H and O–H groups in total. The lowest BCUT2D eigenvalue weighted by atomic mass is 9.96. The Morgan fingerprint density at radius 3 is 3.10 bits per heavy atom. The standard InChI is InChI=1S/C15H19BrN2O2/c1-11-4-2-6-13(8-11)17-18-15(19)10-20-14-7-3-5-12(16)9-14/h3,5,7-9,11,17H,2,4,6,10H2,1H3,(H,18,19)/t11-/m1/s1. The molecule has 0 spiro atoms. The average Bonchev–Trinajstić information content (AvgIpc) is 2.43. The Bertz CT molecular complexity index is 502. The molecule has 0 bridgehead atoms. The highest BCUT2D eigenvalue weighted by Crippen LogP contribution is 2.20. The van der Waals surface area contributed by atoms with Gasteiger partial charge >= 0.3 is 0 Å². The van der Waals surface area contributed by atoms with Gasteiger partial charge in [0.25, 0.3) is 5.91 Å². The molecular weight excluding hydrogens is 320 g/mol. The summed E-state index contributed by atoms with van der Waals surface area (Å²) in [7, 11) is 0. The molecule has 1 aliphatic rings. The molecular formula is C15H19BrN2O2. The third-order valence-corrected chi connectivity index (χ3v) is 3.61. The molecule has 5 heteroatoms. The minimum Gasteiger partial charge on any atom is -0.484 e. The van der Waals surface area contributed by atoms with Crippen LogP contribution in [0.15, 0.2) is 40.5 Å². The molecule has 1 aliphatic carbocycles. The van der Waals surface area contributed by atoms with E-state index in [4.69, 9.17) is 4.74 Å². The number of amides is 1. The van der Waals surface area contributed by atoms with Gasteiger partial charge in [0.05, 0.1) is 0 Å². The summed E-state index contributed by atoms with van der Waals surface area (Å²) in [4.78, 5) is 11.7. The summed E-state index contributed by atoms with van der Waals surface area (Å²) in [6.45, 7) is 2.17. The molecule has 0 saturated heterocycles. The van der Waals surface area contributed by atoms with Gasteiger partial charge in [-0.2, -0.15) is 0 Å². The van der Waals surface area contributed by atoms with E-state index in [1.807, 2.05) is 24.3 Å². The molecule has 0 radical (unpaired) electrons. The molecule has 1 atom stereocenters. The largest absolute Gasteiger partial charge is 0.484 e. The Labute approximate surface area is 127 Å². The molecule has 4 nitrogen and oxygen atoms in total. The number of rotatable bonds is 5. The molecule has 0 heterocycles. The monoisotopic (exact) mass is 338 g/mol. The van der Waals surface area contributed by atoms with Crippen molar-refractivity contribution in [1.82, 2.24) is 10.9 Å². The normalized spacial score (nSPS) is 18.1. The molecule has 2 rings (SSSR count). The van der Waals surface area contributed by atoms with Crippen LogP contribution in [0.1, 0.15) is 26.2 Å². The summed E-state index contributed by atoms with van der Waals surface area (Å²) < 4.78 is 6.33. The number of nitrogens with one attached hydrogen (secondary N) is 2. The van der Waals surface area contributed by atoms with Crippen molar-refractivity contribution < 1.29 is 9.53 Å². The van der Waals surface area contributed by atoms with Crippen molar-refractivity contribution in [2.45, 2.75) is 26.2 Å². The van der Waals surface area contributed by atoms with E-state index >= 15 is 0 Å². The first-order valence-electron chi connectivity index (χ1n) is 6.77. The molecule has 108 valence electrons. The lowest BCUT2D eigenvalue weighted by Gasteiger charge is -2.19. The molecule has 0 aromatic heterocycles. The van der Waals surface area contributed by atoms with Crippen molar-refractivity contribution in [2.75, 3.05) is 6.61 Å². The third-order valence-electron chi connectivity index (χ3n) is 3.12. The highest BCUT2D eigenvalue weighted by molar-refractivity contribution is 9.10. The lowest BCUT2D eigenvalue weighted by Crippen LogP contribution is -2.40. The summed E-state index contributed by atoms with van der Waals surface area (Å²) in [6, 6.07) is 7.41. The first kappa shape index (κ1) is 14.9. The summed E-state index contributed by atoms with van der Waals surface area (Å²) in [5.74, 6) is 1.05. The van der Waals surface area contributed by atoms with Crippen LogP contribution in [0.3, 0.4) is 0 Å². The maximum Gasteiger partial charge on any atom is 0.276 e. The summed E-state index contributed by atoms with van der Waals surface area (Å²) in [5, 5.41) is 0. The number of hydrogen-bond donors (Lipinski definition) is 2. The van der Waals surface area contributed by atoms with E-state index in [-0.39, 0.29) is 12.5 Å². The van der Waals surface area contributed by atoms with E-state index in [9.17, 15) is 4.79 Å². The second-order valence-electron chi connectivity index (χ2n) is 4.98. The smallest absolute Gasteiger partial charge is 0.276 e. The van der Waals surface area contributed by atoms with Gasteiger partial charge in [-0.1, -0.05) is 35.0 Å². The van der Waals surface area contributed by atoms with Crippen molar-refractivity contribution in [3.8, 4) is 5.75 Å². The first-order valence-corrected chi connectivity index (χ1v) is 7.56. The zero-order chi connectivity index (χ0) is 14.4. The quantitative estimate of drug-likeness (QED) is 0.811. The van der Waals surface area contributed by atoms with E-state index in [1.165, 1.54) is 6.42 Å². The number of benzene rings is 1. The Hall–Kier alpha value is -1.49. The summed E-state index contributed by atoms with van der Waals surface area (Å²) in [6.07, 6.45) is 5.52. The van der Waals surface area contributed by atoms with Gasteiger partial charge in [0, 0.05) is 10.2 Å². The number of halogens is 1. The van der Waals surface area contributed by atoms with E-state index in [0.29, 0.717) is 11.7 Å². The molecule has 1 aromatic rings. The maximum absolute atomic E-state index is 11.7. The maximum atomic E-state index is 11.7. The van der Waals surface area contributed by atoms with Gasteiger partial charge < -0.3 is 10.2 Å². The average molecular weight is 339 g/mol. The van der Waals surface area contributed by atoms with Crippen LogP contribution in [0.2, 0.25) is 0 Å². The topological polar surface area (TPSA) is 50.4 Å². The van der Waals surface area contributed by atoms with E-state index in [0.717, 1.165) is 23.0 Å². The van der Waals surface area contributed by atoms with Gasteiger partial charge in [-0.25, -0.2) is 0 Å². The summed E-state index contributed by atoms with van der Waals surface area (Å²) >= 11 is 3.36. The highest BCUT2D eigenvalue weighted by atomic mass is 79.9. The predicted molar refractivity (Wildman–Crippen MR) is 82.0 cm³/mol. The Balaban J connectivity index is 1.73. The molecule has 0 saturated carbocycles. The Morgan fingerprint density at radius 1 is 1.50 bits per heavy atom. The number of ether oxygens (including phenoxy) is 1. The fourth-order valence-electron chi connectivity index (χ4n) is 2.12. The van der Waals surface area contributed by atoms with E-state index in [1.54, 1.807) is 0 Å². The van der Waals surface area contributed by atoms with Crippen LogP contribution in [0.4, 0.5) is 0 Å². The minimum absolute atomic E-state index is 0.00765. The van der Waals surface area contributed by atoms with Gasteiger partial charge in [0.2, 0.25) is 0 Å². The predicted octanol–water partition coefficient (Wildman–Crippen LogP) is 3.15. The minimum atomic E-state index is -0.191. The van der Waals surface area contributed by atoms with E-state index in [2.05, 4.69) is 39.8 Å². The van der Waals surface area contributed by atoms with Crippen LogP contribution in [0, 0.1) is 5.92 Å². The van der Waals surface area contributed by atoms with Crippen molar-refractivity contribution in [1.29, 1.82) is 0 Å². The summed E-state index contributed by atoms with van der Waals surface area (Å²) in [5.41, 5.74) is 6.72. The van der Waals surface area contributed by atoms with Crippen LogP contribution < -0.4 is 15.6 Å². The van der Waals surface area contributed by atoms with Gasteiger partial charge in [0.15, 0.2) is 6.61 Å². The van der Waals surface area contributed by atoms with E-state index < -0.39 is 0 Å². The third kappa shape index (κ3) is 4.89. The first-order chi connectivity index (χ1) is 9.63. The number of allylic oxidation sites excluding steroid dienone is 2. The second-order valence-corrected chi connectivity index (χ2v) is 5.90. The molecule has 1 amide bonds.